The summed E-state index contributed by atoms with van der Waals surface area (Å²) < 4.78 is 71.3. The number of ether oxygens (including phenoxy) is 1. The van der Waals surface area contributed by atoms with Gasteiger partial charge in [-0.25, -0.2) is 8.42 Å². The zero-order valence-corrected chi connectivity index (χ0v) is 18.8. The number of hydrogen-bond donors (Lipinski definition) is 1. The first-order valence-electron chi connectivity index (χ1n) is 9.78. The summed E-state index contributed by atoms with van der Waals surface area (Å²) in [6.07, 6.45) is -4.63. The third-order valence-corrected chi connectivity index (χ3v) is 6.72. The van der Waals surface area contributed by atoms with E-state index in [4.69, 9.17) is 16.3 Å². The lowest BCUT2D eigenvalue weighted by Gasteiger charge is -2.14. The van der Waals surface area contributed by atoms with Gasteiger partial charge in [-0.1, -0.05) is 47.1 Å². The molecule has 176 valence electrons. The topological polar surface area (TPSA) is 97.8 Å². The Labute approximate surface area is 197 Å². The van der Waals surface area contributed by atoms with E-state index >= 15 is 0 Å². The van der Waals surface area contributed by atoms with Gasteiger partial charge in [-0.3, -0.25) is 0 Å². The number of halogens is 4. The molecule has 1 N–H and O–H groups in total. The normalized spacial score (nSPS) is 12.0. The predicted octanol–water partition coefficient (Wildman–Crippen LogP) is 5.23. The molecule has 0 fully saturated rings. The van der Waals surface area contributed by atoms with Crippen LogP contribution >= 0.6 is 11.6 Å². The highest BCUT2D eigenvalue weighted by Gasteiger charge is 2.31. The summed E-state index contributed by atoms with van der Waals surface area (Å²) in [6, 6.07) is 15.6. The first-order chi connectivity index (χ1) is 16.1. The summed E-state index contributed by atoms with van der Waals surface area (Å²) >= 11 is 6.23. The van der Waals surface area contributed by atoms with Crippen LogP contribution in [-0.4, -0.2) is 29.0 Å². The van der Waals surface area contributed by atoms with Gasteiger partial charge in [-0.05, 0) is 47.5 Å². The molecule has 0 aliphatic rings. The number of rotatable bonds is 7. The van der Waals surface area contributed by atoms with Crippen molar-refractivity contribution in [2.24, 2.45) is 0 Å². The highest BCUT2D eigenvalue weighted by Crippen LogP contribution is 2.37. The molecule has 0 atom stereocenters. The van der Waals surface area contributed by atoms with E-state index in [1.54, 1.807) is 30.3 Å². The molecular formula is C22H16ClF3N4O3S. The minimum atomic E-state index is -4.62. The summed E-state index contributed by atoms with van der Waals surface area (Å²) in [5.41, 5.74) is -0.0804. The van der Waals surface area contributed by atoms with Crippen LogP contribution in [0.4, 0.5) is 13.2 Å². The molecule has 4 rings (SSSR count). The monoisotopic (exact) mass is 508 g/mol. The lowest BCUT2D eigenvalue weighted by molar-refractivity contribution is -0.137. The van der Waals surface area contributed by atoms with E-state index < -0.39 is 21.6 Å². The van der Waals surface area contributed by atoms with E-state index in [9.17, 15) is 21.6 Å². The van der Waals surface area contributed by atoms with Crippen LogP contribution in [0.3, 0.4) is 0 Å². The van der Waals surface area contributed by atoms with Crippen molar-refractivity contribution >= 4 is 21.4 Å². The van der Waals surface area contributed by atoms with Crippen LogP contribution in [0.5, 0.6) is 11.5 Å². The molecule has 0 bridgehead atoms. The molecule has 7 nitrogen and oxygen atoms in total. The van der Waals surface area contributed by atoms with Crippen LogP contribution in [0.15, 0.2) is 71.6 Å². The molecule has 1 aromatic heterocycles. The molecule has 34 heavy (non-hydrogen) atoms. The van der Waals surface area contributed by atoms with Crippen molar-refractivity contribution in [2.45, 2.75) is 23.2 Å². The average molecular weight is 509 g/mol. The molecule has 0 radical (unpaired) electrons. The summed E-state index contributed by atoms with van der Waals surface area (Å²) in [6.45, 7) is 0. The van der Waals surface area contributed by atoms with Gasteiger partial charge < -0.3 is 4.74 Å². The summed E-state index contributed by atoms with van der Waals surface area (Å²) in [5.74, 6) is -0.145. The first-order valence-corrected chi connectivity index (χ1v) is 11.8. The first kappa shape index (κ1) is 23.7. The number of hydrogen-bond acceptors (Lipinski definition) is 6. The van der Waals surface area contributed by atoms with Crippen LogP contribution in [-0.2, 0) is 28.2 Å². The number of aromatic amines is 1. The van der Waals surface area contributed by atoms with E-state index in [0.29, 0.717) is 5.56 Å². The van der Waals surface area contributed by atoms with Crippen LogP contribution in [0.25, 0.3) is 0 Å². The molecule has 0 amide bonds. The number of nitrogens with one attached hydrogen (secondary N) is 1. The predicted molar refractivity (Wildman–Crippen MR) is 117 cm³/mol. The molecule has 1 heterocycles. The van der Waals surface area contributed by atoms with Gasteiger partial charge in [0.15, 0.2) is 15.7 Å². The number of nitrogens with zero attached hydrogens (tertiary/aromatic N) is 3. The summed E-state index contributed by atoms with van der Waals surface area (Å²) in [7, 11) is -3.70. The Bertz CT molecular complexity index is 1400. The second-order valence-corrected chi connectivity index (χ2v) is 9.70. The van der Waals surface area contributed by atoms with Crippen molar-refractivity contribution in [2.75, 3.05) is 0 Å². The fourth-order valence-electron chi connectivity index (χ4n) is 3.19. The molecule has 0 aliphatic heterocycles. The van der Waals surface area contributed by atoms with E-state index in [-0.39, 0.29) is 45.0 Å². The van der Waals surface area contributed by atoms with E-state index in [1.165, 1.54) is 24.3 Å². The van der Waals surface area contributed by atoms with E-state index in [0.717, 1.165) is 12.1 Å². The van der Waals surface area contributed by atoms with Crippen LogP contribution in [0, 0.1) is 0 Å². The van der Waals surface area contributed by atoms with Gasteiger partial charge in [-0.2, -0.15) is 18.4 Å². The van der Waals surface area contributed by atoms with Crippen molar-refractivity contribution in [1.29, 1.82) is 0 Å². The third-order valence-electron chi connectivity index (χ3n) is 4.73. The quantitative estimate of drug-likeness (QED) is 0.367. The van der Waals surface area contributed by atoms with Gasteiger partial charge in [0.25, 0.3) is 0 Å². The zero-order valence-electron chi connectivity index (χ0n) is 17.3. The molecule has 0 spiro atoms. The second kappa shape index (κ2) is 9.43. The largest absolute Gasteiger partial charge is 0.456 e. The maximum Gasteiger partial charge on any atom is 0.416 e. The standard InChI is InChI=1S/C22H16ClF3N4O3S/c23-19-12-18(34(31,32)13-14-4-2-1-3-5-14)6-7-20(19)33-17-9-15(10-21-27-29-30-28-21)8-16(11-17)22(24,25)26/h1-9,11-12H,10,13H2,(H,27,28,29,30). The maximum absolute atomic E-state index is 13.4. The Balaban J connectivity index is 1.61. The molecule has 0 aliphatic carbocycles. The lowest BCUT2D eigenvalue weighted by atomic mass is 10.1. The average Bonchev–Trinajstić information content (AvgIpc) is 3.28. The fraction of sp³-hybridized carbons (Fsp3) is 0.136. The number of tetrazole rings is 1. The Kier molecular flexibility index (Phi) is 6.58. The Morgan fingerprint density at radius 1 is 0.971 bits per heavy atom. The van der Waals surface area contributed by atoms with Crippen molar-refractivity contribution < 1.29 is 26.3 Å². The second-order valence-electron chi connectivity index (χ2n) is 7.31. The lowest BCUT2D eigenvalue weighted by Crippen LogP contribution is -2.07. The van der Waals surface area contributed by atoms with Crippen molar-refractivity contribution in [3.63, 3.8) is 0 Å². The Morgan fingerprint density at radius 3 is 2.38 bits per heavy atom. The molecule has 0 unspecified atom stereocenters. The van der Waals surface area contributed by atoms with Crippen molar-refractivity contribution in [3.05, 3.63) is 94.3 Å². The Hall–Kier alpha value is -3.44. The van der Waals surface area contributed by atoms with E-state index in [2.05, 4.69) is 20.6 Å². The van der Waals surface area contributed by atoms with Gasteiger partial charge in [0.2, 0.25) is 0 Å². The smallest absolute Gasteiger partial charge is 0.416 e. The zero-order chi connectivity index (χ0) is 24.3. The minimum absolute atomic E-state index is 0.00478. The Morgan fingerprint density at radius 2 is 1.74 bits per heavy atom. The maximum atomic E-state index is 13.4. The number of aromatic nitrogens is 4. The highest BCUT2D eigenvalue weighted by atomic mass is 35.5. The van der Waals surface area contributed by atoms with Crippen molar-refractivity contribution in [1.82, 2.24) is 20.6 Å². The number of sulfone groups is 1. The number of alkyl halides is 3. The number of H-pyrrole nitrogens is 1. The van der Waals surface area contributed by atoms with Crippen molar-refractivity contribution in [3.8, 4) is 11.5 Å². The van der Waals surface area contributed by atoms with Crippen LogP contribution in [0.1, 0.15) is 22.5 Å². The molecule has 0 saturated carbocycles. The van der Waals surface area contributed by atoms with E-state index in [1.807, 2.05) is 0 Å². The van der Waals surface area contributed by atoms with Gasteiger partial charge in [0.05, 0.1) is 21.2 Å². The number of benzene rings is 3. The van der Waals surface area contributed by atoms with Crippen LogP contribution in [0.2, 0.25) is 5.02 Å². The minimum Gasteiger partial charge on any atom is -0.456 e. The third kappa shape index (κ3) is 5.72. The fourth-order valence-corrected chi connectivity index (χ4v) is 4.84. The molecule has 12 heteroatoms. The highest BCUT2D eigenvalue weighted by molar-refractivity contribution is 7.90. The summed E-state index contributed by atoms with van der Waals surface area (Å²) in [4.78, 5) is -0.0319. The van der Waals surface area contributed by atoms with Crippen LogP contribution < -0.4 is 4.74 Å². The molecule has 3 aromatic carbocycles. The van der Waals surface area contributed by atoms with Gasteiger partial charge in [-0.15, -0.1) is 10.2 Å². The molecular weight excluding hydrogens is 493 g/mol. The van der Waals surface area contributed by atoms with Gasteiger partial charge in [0, 0.05) is 6.42 Å². The van der Waals surface area contributed by atoms with Gasteiger partial charge >= 0.3 is 6.18 Å². The molecule has 4 aromatic rings. The van der Waals surface area contributed by atoms with Gasteiger partial charge in [0.1, 0.15) is 11.5 Å². The summed E-state index contributed by atoms with van der Waals surface area (Å²) in [5, 5.41) is 13.1. The SMILES string of the molecule is O=S(=O)(Cc1ccccc1)c1ccc(Oc2cc(Cc3nn[nH]n3)cc(C(F)(F)F)c2)c(Cl)c1. The molecule has 0 saturated heterocycles.